The number of aromatic nitrogens is 1. The van der Waals surface area contributed by atoms with Crippen LogP contribution in [0.1, 0.15) is 28.8 Å². The van der Waals surface area contributed by atoms with Crippen molar-refractivity contribution in [3.63, 3.8) is 0 Å². The molecule has 0 saturated carbocycles. The van der Waals surface area contributed by atoms with Crippen LogP contribution in [0.15, 0.2) is 23.6 Å². The van der Waals surface area contributed by atoms with Crippen molar-refractivity contribution in [3.8, 4) is 5.75 Å². The van der Waals surface area contributed by atoms with Crippen molar-refractivity contribution in [2.75, 3.05) is 32.8 Å². The molecular weight excluding hydrogens is 346 g/mol. The first kappa shape index (κ1) is 18.9. The van der Waals surface area contributed by atoms with Gasteiger partial charge in [0.1, 0.15) is 5.75 Å². The number of rotatable bonds is 6. The smallest absolute Gasteiger partial charge is 0.260 e. The minimum Gasteiger partial charge on any atom is -0.483 e. The zero-order chi connectivity index (χ0) is 18.5. The Labute approximate surface area is 159 Å². The number of hydrogen-bond acceptors (Lipinski definition) is 5. The second-order valence-electron chi connectivity index (χ2n) is 6.80. The third kappa shape index (κ3) is 4.83. The molecule has 2 aromatic rings. The van der Waals surface area contributed by atoms with Crippen LogP contribution in [0.5, 0.6) is 5.75 Å². The van der Waals surface area contributed by atoms with E-state index in [1.165, 1.54) is 5.01 Å². The molecule has 0 spiro atoms. The molecule has 1 aliphatic rings. The monoisotopic (exact) mass is 373 g/mol. The van der Waals surface area contributed by atoms with Crippen molar-refractivity contribution >= 4 is 17.2 Å². The molecular formula is C20H27N3O2S. The highest BCUT2D eigenvalue weighted by molar-refractivity contribution is 7.09. The molecule has 0 radical (unpaired) electrons. The number of benzene rings is 1. The molecule has 1 fully saturated rings. The van der Waals surface area contributed by atoms with E-state index in [-0.39, 0.29) is 12.5 Å². The van der Waals surface area contributed by atoms with E-state index in [4.69, 9.17) is 4.74 Å². The van der Waals surface area contributed by atoms with Crippen molar-refractivity contribution in [2.45, 2.75) is 33.7 Å². The first-order valence-electron chi connectivity index (χ1n) is 9.18. The average Bonchev–Trinajstić information content (AvgIpc) is 3.10. The molecule has 0 bridgehead atoms. The maximum absolute atomic E-state index is 12.4. The zero-order valence-corrected chi connectivity index (χ0v) is 16.6. The van der Waals surface area contributed by atoms with Crippen LogP contribution >= 0.6 is 11.3 Å². The highest BCUT2D eigenvalue weighted by Gasteiger charge is 2.22. The van der Waals surface area contributed by atoms with E-state index in [0.29, 0.717) is 0 Å². The van der Waals surface area contributed by atoms with Crippen molar-refractivity contribution < 1.29 is 9.53 Å². The molecule has 6 heteroatoms. The van der Waals surface area contributed by atoms with E-state index in [0.717, 1.165) is 61.7 Å². The summed E-state index contributed by atoms with van der Waals surface area (Å²) < 4.78 is 5.76. The predicted octanol–water partition coefficient (Wildman–Crippen LogP) is 3.05. The summed E-state index contributed by atoms with van der Waals surface area (Å²) in [5.74, 6) is 0.861. The highest BCUT2D eigenvalue weighted by atomic mass is 32.1. The molecule has 0 aliphatic carbocycles. The van der Waals surface area contributed by atoms with Gasteiger partial charge in [-0.3, -0.25) is 9.69 Å². The van der Waals surface area contributed by atoms with Gasteiger partial charge in [-0.1, -0.05) is 19.1 Å². The number of carbonyl (C=O) groups is 1. The lowest BCUT2D eigenvalue weighted by Gasteiger charge is -2.34. The Hall–Kier alpha value is -1.92. The van der Waals surface area contributed by atoms with E-state index in [9.17, 15) is 4.79 Å². The highest BCUT2D eigenvalue weighted by Crippen LogP contribution is 2.19. The zero-order valence-electron chi connectivity index (χ0n) is 15.8. The molecule has 1 aliphatic heterocycles. The Morgan fingerprint density at radius 2 is 2.00 bits per heavy atom. The molecule has 0 N–H and O–H groups in total. The van der Waals surface area contributed by atoms with Crippen molar-refractivity contribution in [1.29, 1.82) is 0 Å². The number of amides is 1. The number of hydrogen-bond donors (Lipinski definition) is 0. The van der Waals surface area contributed by atoms with Gasteiger partial charge >= 0.3 is 0 Å². The van der Waals surface area contributed by atoms with Crippen molar-refractivity contribution in [3.05, 3.63) is 45.4 Å². The van der Waals surface area contributed by atoms with Gasteiger partial charge in [-0.05, 0) is 37.5 Å². The van der Waals surface area contributed by atoms with Gasteiger partial charge in [0.25, 0.3) is 5.91 Å². The predicted molar refractivity (Wildman–Crippen MR) is 105 cm³/mol. The Morgan fingerprint density at radius 1 is 1.23 bits per heavy atom. The van der Waals surface area contributed by atoms with Gasteiger partial charge in [0, 0.05) is 38.1 Å². The van der Waals surface area contributed by atoms with Gasteiger partial charge in [-0.2, -0.15) is 0 Å². The van der Waals surface area contributed by atoms with Crippen LogP contribution in [0.2, 0.25) is 0 Å². The largest absolute Gasteiger partial charge is 0.483 e. The van der Waals surface area contributed by atoms with Gasteiger partial charge in [0.05, 0.1) is 10.7 Å². The quantitative estimate of drug-likeness (QED) is 0.781. The van der Waals surface area contributed by atoms with Crippen LogP contribution in [-0.4, -0.2) is 53.5 Å². The summed E-state index contributed by atoms with van der Waals surface area (Å²) in [6, 6.07) is 6.06. The molecule has 26 heavy (non-hydrogen) atoms. The van der Waals surface area contributed by atoms with Gasteiger partial charge in [-0.15, -0.1) is 11.3 Å². The van der Waals surface area contributed by atoms with E-state index in [1.807, 2.05) is 30.9 Å². The molecule has 0 atom stereocenters. The number of nitrogens with zero attached hydrogens (tertiary/aromatic N) is 3. The van der Waals surface area contributed by atoms with Crippen LogP contribution in [-0.2, 0) is 17.8 Å². The van der Waals surface area contributed by atoms with Crippen molar-refractivity contribution in [2.24, 2.45) is 0 Å². The SMILES string of the molecule is CCc1nc(CN2CCN(C(=O)COc3cc(C)ccc3C)CC2)cs1. The Morgan fingerprint density at radius 3 is 2.69 bits per heavy atom. The summed E-state index contributed by atoms with van der Waals surface area (Å²) in [5, 5.41) is 3.34. The fourth-order valence-corrected chi connectivity index (χ4v) is 3.80. The normalized spacial score (nSPS) is 15.3. The molecule has 3 rings (SSSR count). The number of thiazole rings is 1. The van der Waals surface area contributed by atoms with Gasteiger partial charge in [0.2, 0.25) is 0 Å². The summed E-state index contributed by atoms with van der Waals surface area (Å²) in [6.07, 6.45) is 0.993. The fraction of sp³-hybridized carbons (Fsp3) is 0.500. The number of ether oxygens (including phenoxy) is 1. The van der Waals surface area contributed by atoms with Gasteiger partial charge < -0.3 is 9.64 Å². The van der Waals surface area contributed by atoms with Crippen LogP contribution in [0.4, 0.5) is 0 Å². The Bertz CT molecular complexity index is 751. The molecule has 140 valence electrons. The third-order valence-corrected chi connectivity index (χ3v) is 5.75. The van der Waals surface area contributed by atoms with E-state index < -0.39 is 0 Å². The van der Waals surface area contributed by atoms with Crippen LogP contribution in [0.3, 0.4) is 0 Å². The van der Waals surface area contributed by atoms with Crippen molar-refractivity contribution in [1.82, 2.24) is 14.8 Å². The first-order valence-corrected chi connectivity index (χ1v) is 10.1. The summed E-state index contributed by atoms with van der Waals surface area (Å²) in [6.45, 7) is 10.4. The summed E-state index contributed by atoms with van der Waals surface area (Å²) in [4.78, 5) is 21.3. The standard InChI is InChI=1S/C20H27N3O2S/c1-4-19-21-17(14-26-19)12-22-7-9-23(10-8-22)20(24)13-25-18-11-15(2)5-6-16(18)3/h5-6,11,14H,4,7-10,12-13H2,1-3H3. The molecule has 1 saturated heterocycles. The number of carbonyl (C=O) groups excluding carboxylic acids is 1. The van der Waals surface area contributed by atoms with E-state index in [1.54, 1.807) is 11.3 Å². The minimum atomic E-state index is 0.0625. The molecule has 2 heterocycles. The van der Waals surface area contributed by atoms with Crippen LogP contribution < -0.4 is 4.74 Å². The number of piperazine rings is 1. The van der Waals surface area contributed by atoms with Crippen LogP contribution in [0.25, 0.3) is 0 Å². The van der Waals surface area contributed by atoms with Gasteiger partial charge in [0.15, 0.2) is 6.61 Å². The Kier molecular flexibility index (Phi) is 6.27. The lowest BCUT2D eigenvalue weighted by molar-refractivity contribution is -0.135. The van der Waals surface area contributed by atoms with E-state index in [2.05, 4.69) is 28.3 Å². The minimum absolute atomic E-state index is 0.0625. The molecule has 1 aromatic heterocycles. The summed E-state index contributed by atoms with van der Waals surface area (Å²) in [5.41, 5.74) is 3.34. The number of aryl methyl sites for hydroxylation is 3. The van der Waals surface area contributed by atoms with E-state index >= 15 is 0 Å². The average molecular weight is 374 g/mol. The molecule has 1 aromatic carbocycles. The third-order valence-electron chi connectivity index (χ3n) is 4.71. The second kappa shape index (κ2) is 8.64. The second-order valence-corrected chi connectivity index (χ2v) is 7.74. The lowest BCUT2D eigenvalue weighted by atomic mass is 10.1. The van der Waals surface area contributed by atoms with Crippen LogP contribution in [0, 0.1) is 13.8 Å². The first-order chi connectivity index (χ1) is 12.5. The van der Waals surface area contributed by atoms with Gasteiger partial charge in [-0.25, -0.2) is 4.98 Å². The maximum Gasteiger partial charge on any atom is 0.260 e. The Balaban J connectivity index is 1.45. The topological polar surface area (TPSA) is 45.7 Å². The summed E-state index contributed by atoms with van der Waals surface area (Å²) in [7, 11) is 0. The fourth-order valence-electron chi connectivity index (χ4n) is 3.06. The molecule has 1 amide bonds. The lowest BCUT2D eigenvalue weighted by Crippen LogP contribution is -2.49. The maximum atomic E-state index is 12.4. The molecule has 0 unspecified atom stereocenters. The summed E-state index contributed by atoms with van der Waals surface area (Å²) >= 11 is 1.73. The molecule has 5 nitrogen and oxygen atoms in total.